The Morgan fingerprint density at radius 1 is 1.24 bits per heavy atom. The van der Waals surface area contributed by atoms with Crippen LogP contribution >= 0.6 is 0 Å². The Hall–Kier alpha value is -0.120. The Balaban J connectivity index is 1.48. The second kappa shape index (κ2) is 6.72. The summed E-state index contributed by atoms with van der Waals surface area (Å²) in [5.41, 5.74) is 0. The van der Waals surface area contributed by atoms with E-state index in [0.717, 1.165) is 24.9 Å². The molecule has 0 amide bonds. The van der Waals surface area contributed by atoms with Crippen molar-refractivity contribution in [2.75, 3.05) is 19.8 Å². The van der Waals surface area contributed by atoms with Crippen LogP contribution in [0.4, 0.5) is 0 Å². The first kappa shape index (κ1) is 13.3. The number of aliphatic hydroxyl groups excluding tert-OH is 1. The second-order valence-electron chi connectivity index (χ2n) is 5.83. The summed E-state index contributed by atoms with van der Waals surface area (Å²) in [6.07, 6.45) is 7.54. The third-order valence-electron chi connectivity index (χ3n) is 3.81. The summed E-state index contributed by atoms with van der Waals surface area (Å²) >= 11 is 0. The Bertz CT molecular complexity index is 214. The number of nitrogens with one attached hydrogen (secondary N) is 1. The average Bonchev–Trinajstić information content (AvgIpc) is 3.18. The van der Waals surface area contributed by atoms with E-state index in [0.29, 0.717) is 19.2 Å². The fourth-order valence-electron chi connectivity index (χ4n) is 2.17. The highest BCUT2D eigenvalue weighted by atomic mass is 16.5. The zero-order chi connectivity index (χ0) is 12.1. The lowest BCUT2D eigenvalue weighted by molar-refractivity contribution is 0.0310. The Labute approximate surface area is 105 Å². The predicted molar refractivity (Wildman–Crippen MR) is 69.0 cm³/mol. The minimum Gasteiger partial charge on any atom is -0.389 e. The molecule has 0 aromatic heterocycles. The minimum absolute atomic E-state index is 0.345. The predicted octanol–water partition coefficient (Wildman–Crippen LogP) is 1.94. The first-order chi connectivity index (χ1) is 8.28. The molecule has 0 spiro atoms. The fraction of sp³-hybridized carbons (Fsp3) is 1.00. The molecule has 100 valence electrons. The standard InChI is InChI=1S/C14H27NO2/c1-2-13(7-11-3-4-11)15-8-14(16)10-17-9-12-5-6-12/h11-16H,2-10H2,1H3. The van der Waals surface area contributed by atoms with Crippen LogP contribution in [-0.4, -0.2) is 37.0 Å². The molecule has 0 saturated heterocycles. The van der Waals surface area contributed by atoms with Gasteiger partial charge in [-0.25, -0.2) is 0 Å². The van der Waals surface area contributed by atoms with Crippen molar-refractivity contribution >= 4 is 0 Å². The molecule has 2 N–H and O–H groups in total. The molecule has 0 radical (unpaired) electrons. The maximum Gasteiger partial charge on any atom is 0.0897 e. The number of hydrogen-bond acceptors (Lipinski definition) is 3. The quantitative estimate of drug-likeness (QED) is 0.614. The van der Waals surface area contributed by atoms with Gasteiger partial charge in [-0.15, -0.1) is 0 Å². The number of rotatable bonds is 10. The van der Waals surface area contributed by atoms with Crippen LogP contribution < -0.4 is 5.32 Å². The molecule has 0 aromatic rings. The fourth-order valence-corrected chi connectivity index (χ4v) is 2.17. The molecule has 2 fully saturated rings. The molecule has 3 nitrogen and oxygen atoms in total. The van der Waals surface area contributed by atoms with Crippen molar-refractivity contribution in [3.63, 3.8) is 0 Å². The van der Waals surface area contributed by atoms with Gasteiger partial charge in [0.05, 0.1) is 12.7 Å². The lowest BCUT2D eigenvalue weighted by Crippen LogP contribution is -2.37. The normalized spacial score (nSPS) is 23.6. The van der Waals surface area contributed by atoms with Gasteiger partial charge in [-0.1, -0.05) is 19.8 Å². The van der Waals surface area contributed by atoms with E-state index in [1.165, 1.54) is 32.1 Å². The van der Waals surface area contributed by atoms with E-state index < -0.39 is 0 Å². The zero-order valence-electron chi connectivity index (χ0n) is 11.0. The van der Waals surface area contributed by atoms with Gasteiger partial charge < -0.3 is 15.2 Å². The van der Waals surface area contributed by atoms with E-state index in [9.17, 15) is 5.11 Å². The van der Waals surface area contributed by atoms with Crippen molar-refractivity contribution in [3.8, 4) is 0 Å². The van der Waals surface area contributed by atoms with Gasteiger partial charge in [0, 0.05) is 19.2 Å². The SMILES string of the molecule is CCC(CC1CC1)NCC(O)COCC1CC1. The van der Waals surface area contributed by atoms with Gasteiger partial charge in [-0.2, -0.15) is 0 Å². The molecule has 2 rings (SSSR count). The Kier molecular flexibility index (Phi) is 5.26. The summed E-state index contributed by atoms with van der Waals surface area (Å²) in [5, 5.41) is 13.3. The van der Waals surface area contributed by atoms with Gasteiger partial charge >= 0.3 is 0 Å². The molecule has 17 heavy (non-hydrogen) atoms. The van der Waals surface area contributed by atoms with Gasteiger partial charge in [0.1, 0.15) is 0 Å². The summed E-state index contributed by atoms with van der Waals surface area (Å²) in [4.78, 5) is 0. The smallest absolute Gasteiger partial charge is 0.0897 e. The summed E-state index contributed by atoms with van der Waals surface area (Å²) in [7, 11) is 0. The van der Waals surface area contributed by atoms with Gasteiger partial charge in [0.25, 0.3) is 0 Å². The lowest BCUT2D eigenvalue weighted by Gasteiger charge is -2.19. The molecular weight excluding hydrogens is 214 g/mol. The number of ether oxygens (including phenoxy) is 1. The van der Waals surface area contributed by atoms with Crippen molar-refractivity contribution in [1.82, 2.24) is 5.32 Å². The molecular formula is C14H27NO2. The maximum absolute atomic E-state index is 9.79. The van der Waals surface area contributed by atoms with Crippen LogP contribution in [-0.2, 0) is 4.74 Å². The summed E-state index contributed by atoms with van der Waals surface area (Å²) in [6.45, 7) is 4.23. The minimum atomic E-state index is -0.345. The molecule has 0 bridgehead atoms. The van der Waals surface area contributed by atoms with Gasteiger partial charge in [0.15, 0.2) is 0 Å². The van der Waals surface area contributed by atoms with Crippen molar-refractivity contribution < 1.29 is 9.84 Å². The largest absolute Gasteiger partial charge is 0.389 e. The van der Waals surface area contributed by atoms with Crippen LogP contribution in [0, 0.1) is 11.8 Å². The molecule has 2 aliphatic rings. The molecule has 0 heterocycles. The Morgan fingerprint density at radius 2 is 1.94 bits per heavy atom. The molecule has 2 aliphatic carbocycles. The third-order valence-corrected chi connectivity index (χ3v) is 3.81. The first-order valence-electron chi connectivity index (χ1n) is 7.27. The number of hydrogen-bond donors (Lipinski definition) is 2. The van der Waals surface area contributed by atoms with Crippen molar-refractivity contribution in [2.24, 2.45) is 11.8 Å². The van der Waals surface area contributed by atoms with Crippen LogP contribution in [0.25, 0.3) is 0 Å². The highest BCUT2D eigenvalue weighted by molar-refractivity contribution is 4.80. The van der Waals surface area contributed by atoms with Crippen molar-refractivity contribution in [3.05, 3.63) is 0 Å². The van der Waals surface area contributed by atoms with E-state index in [2.05, 4.69) is 12.2 Å². The van der Waals surface area contributed by atoms with Crippen LogP contribution in [0.2, 0.25) is 0 Å². The molecule has 3 heteroatoms. The molecule has 2 atom stereocenters. The lowest BCUT2D eigenvalue weighted by atomic mass is 10.1. The number of aliphatic hydroxyl groups is 1. The zero-order valence-corrected chi connectivity index (χ0v) is 11.0. The molecule has 0 aliphatic heterocycles. The topological polar surface area (TPSA) is 41.5 Å². The molecule has 2 unspecified atom stereocenters. The summed E-state index contributed by atoms with van der Waals surface area (Å²) in [6, 6.07) is 0.584. The van der Waals surface area contributed by atoms with E-state index in [4.69, 9.17) is 4.74 Å². The van der Waals surface area contributed by atoms with Crippen LogP contribution in [0.1, 0.15) is 45.4 Å². The maximum atomic E-state index is 9.79. The second-order valence-corrected chi connectivity index (χ2v) is 5.83. The van der Waals surface area contributed by atoms with Gasteiger partial charge in [-0.05, 0) is 37.5 Å². The molecule has 0 aromatic carbocycles. The van der Waals surface area contributed by atoms with Crippen LogP contribution in [0.3, 0.4) is 0 Å². The van der Waals surface area contributed by atoms with Crippen LogP contribution in [0.15, 0.2) is 0 Å². The summed E-state index contributed by atoms with van der Waals surface area (Å²) < 4.78 is 5.49. The summed E-state index contributed by atoms with van der Waals surface area (Å²) in [5.74, 6) is 1.74. The van der Waals surface area contributed by atoms with Crippen molar-refractivity contribution in [2.45, 2.75) is 57.6 Å². The van der Waals surface area contributed by atoms with Crippen LogP contribution in [0.5, 0.6) is 0 Å². The monoisotopic (exact) mass is 241 g/mol. The van der Waals surface area contributed by atoms with Gasteiger partial charge in [0.2, 0.25) is 0 Å². The van der Waals surface area contributed by atoms with E-state index >= 15 is 0 Å². The van der Waals surface area contributed by atoms with E-state index in [-0.39, 0.29) is 6.10 Å². The highest BCUT2D eigenvalue weighted by Gasteiger charge is 2.25. The van der Waals surface area contributed by atoms with E-state index in [1.807, 2.05) is 0 Å². The highest BCUT2D eigenvalue weighted by Crippen LogP contribution is 2.34. The van der Waals surface area contributed by atoms with E-state index in [1.54, 1.807) is 0 Å². The Morgan fingerprint density at radius 3 is 2.53 bits per heavy atom. The third kappa shape index (κ3) is 5.84. The van der Waals surface area contributed by atoms with Gasteiger partial charge in [-0.3, -0.25) is 0 Å². The first-order valence-corrected chi connectivity index (χ1v) is 7.27. The molecule has 2 saturated carbocycles. The average molecular weight is 241 g/mol. The van der Waals surface area contributed by atoms with Crippen molar-refractivity contribution in [1.29, 1.82) is 0 Å².